The molecule has 2 atom stereocenters. The van der Waals surface area contributed by atoms with E-state index in [1.165, 1.54) is 37.8 Å². The number of hydrogen-bond acceptors (Lipinski definition) is 5. The van der Waals surface area contributed by atoms with Crippen molar-refractivity contribution < 1.29 is 27.2 Å². The van der Waals surface area contributed by atoms with Crippen LogP contribution < -0.4 is 10.2 Å². The number of aromatic nitrogens is 2. The Kier molecular flexibility index (Phi) is 7.23. The number of benzene rings is 1. The van der Waals surface area contributed by atoms with Gasteiger partial charge < -0.3 is 5.32 Å². The molecule has 0 radical (unpaired) electrons. The van der Waals surface area contributed by atoms with E-state index in [2.05, 4.69) is 15.3 Å². The van der Waals surface area contributed by atoms with Crippen molar-refractivity contribution in [1.29, 1.82) is 0 Å². The lowest BCUT2D eigenvalue weighted by Gasteiger charge is -2.44. The van der Waals surface area contributed by atoms with Gasteiger partial charge in [-0.1, -0.05) is 29.3 Å². The number of amides is 2. The molecule has 2 amide bonds. The fourth-order valence-corrected chi connectivity index (χ4v) is 3.78. The minimum absolute atomic E-state index is 0.0215. The van der Waals surface area contributed by atoms with Crippen LogP contribution in [0.4, 0.5) is 23.2 Å². The summed E-state index contributed by atoms with van der Waals surface area (Å²) in [6, 6.07) is 5.85. The van der Waals surface area contributed by atoms with E-state index < -0.39 is 41.7 Å². The lowest BCUT2D eigenvalue weighted by atomic mass is 9.89. The number of hydrogen-bond donors (Lipinski definition) is 1. The van der Waals surface area contributed by atoms with Crippen molar-refractivity contribution in [3.63, 3.8) is 0 Å². The van der Waals surface area contributed by atoms with Crippen molar-refractivity contribution in [3.8, 4) is 0 Å². The number of rotatable bonds is 7. The van der Waals surface area contributed by atoms with Gasteiger partial charge in [-0.3, -0.25) is 19.4 Å². The highest BCUT2D eigenvalue weighted by Crippen LogP contribution is 2.35. The highest BCUT2D eigenvalue weighted by Gasteiger charge is 2.48. The molecule has 12 heteroatoms. The van der Waals surface area contributed by atoms with Gasteiger partial charge in [0, 0.05) is 36.7 Å². The van der Waals surface area contributed by atoms with E-state index >= 15 is 0 Å². The van der Waals surface area contributed by atoms with Gasteiger partial charge in [0.1, 0.15) is 6.33 Å². The molecule has 33 heavy (non-hydrogen) atoms. The molecule has 1 aromatic carbocycles. The Balaban J connectivity index is 1.96. The Bertz CT molecular complexity index is 984. The van der Waals surface area contributed by atoms with Crippen LogP contribution in [0.25, 0.3) is 0 Å². The van der Waals surface area contributed by atoms with Crippen LogP contribution >= 0.6 is 11.6 Å². The first-order valence-electron chi connectivity index (χ1n) is 9.96. The largest absolute Gasteiger partial charge is 0.401 e. The zero-order valence-electron chi connectivity index (χ0n) is 17.8. The number of nitrogens with zero attached hydrogens (tertiary/aromatic N) is 4. The maximum absolute atomic E-state index is 14.1. The average Bonchev–Trinajstić information content (AvgIpc) is 2.73. The second kappa shape index (κ2) is 9.60. The SMILES string of the molecule is Cc1ccc(N(C(=O)[C@H](F)Cl)[C@@](C)(C(=O)NC2CN(CC(F)(F)F)C2)c2cncnc2)cc1. The summed E-state index contributed by atoms with van der Waals surface area (Å²) in [5.41, 5.74) is -3.07. The van der Waals surface area contributed by atoms with E-state index in [1.807, 2.05) is 6.92 Å². The topological polar surface area (TPSA) is 78.4 Å². The molecule has 1 aromatic heterocycles. The maximum atomic E-state index is 14.1. The van der Waals surface area contributed by atoms with Gasteiger partial charge in [0.25, 0.3) is 17.4 Å². The third-order valence-electron chi connectivity index (χ3n) is 5.41. The summed E-state index contributed by atoms with van der Waals surface area (Å²) >= 11 is 5.49. The third kappa shape index (κ3) is 5.59. The molecule has 0 spiro atoms. The second-order valence-corrected chi connectivity index (χ2v) is 8.37. The molecule has 0 saturated carbocycles. The van der Waals surface area contributed by atoms with E-state index in [1.54, 1.807) is 12.1 Å². The van der Waals surface area contributed by atoms with Crippen LogP contribution in [0.15, 0.2) is 43.0 Å². The number of halogens is 5. The molecule has 1 aliphatic rings. The van der Waals surface area contributed by atoms with Gasteiger partial charge in [-0.25, -0.2) is 14.4 Å². The first kappa shape index (κ1) is 24.8. The average molecular weight is 488 g/mol. The van der Waals surface area contributed by atoms with Crippen LogP contribution in [0.2, 0.25) is 0 Å². The van der Waals surface area contributed by atoms with Gasteiger partial charge in [0.15, 0.2) is 5.54 Å². The first-order chi connectivity index (χ1) is 15.4. The van der Waals surface area contributed by atoms with Crippen molar-refractivity contribution in [2.45, 2.75) is 37.2 Å². The summed E-state index contributed by atoms with van der Waals surface area (Å²) in [5, 5.41) is 2.66. The van der Waals surface area contributed by atoms with E-state index in [9.17, 15) is 27.2 Å². The van der Waals surface area contributed by atoms with Crippen molar-refractivity contribution >= 4 is 29.1 Å². The molecule has 1 N–H and O–H groups in total. The van der Waals surface area contributed by atoms with Gasteiger partial charge in [-0.15, -0.1) is 0 Å². The second-order valence-electron chi connectivity index (χ2n) is 7.99. The third-order valence-corrected chi connectivity index (χ3v) is 5.59. The zero-order valence-corrected chi connectivity index (χ0v) is 18.6. The number of carbonyl (C=O) groups is 2. The highest BCUT2D eigenvalue weighted by molar-refractivity contribution is 6.32. The normalized spacial score (nSPS) is 17.5. The molecular formula is C21H22ClF4N5O2. The monoisotopic (exact) mass is 487 g/mol. The Hall–Kier alpha value is -2.79. The minimum atomic E-state index is -4.35. The summed E-state index contributed by atoms with van der Waals surface area (Å²) in [6.45, 7) is 2.06. The van der Waals surface area contributed by atoms with Gasteiger partial charge >= 0.3 is 6.18 Å². The lowest BCUT2D eigenvalue weighted by Crippen LogP contribution is -2.66. The molecule has 7 nitrogen and oxygen atoms in total. The first-order valence-corrected chi connectivity index (χ1v) is 10.4. The Labute approximate surface area is 192 Å². The van der Waals surface area contributed by atoms with Crippen molar-refractivity contribution in [2.75, 3.05) is 24.5 Å². The molecule has 1 fully saturated rings. The molecule has 1 saturated heterocycles. The highest BCUT2D eigenvalue weighted by atomic mass is 35.5. The summed E-state index contributed by atoms with van der Waals surface area (Å²) in [5.74, 6) is -1.92. The summed E-state index contributed by atoms with van der Waals surface area (Å²) in [4.78, 5) is 36.3. The van der Waals surface area contributed by atoms with Gasteiger partial charge in [0.2, 0.25) is 0 Å². The minimum Gasteiger partial charge on any atom is -0.348 e. The number of nitrogens with one attached hydrogen (secondary N) is 1. The number of alkyl halides is 5. The van der Waals surface area contributed by atoms with E-state index in [0.717, 1.165) is 15.4 Å². The van der Waals surface area contributed by atoms with E-state index in [-0.39, 0.29) is 24.3 Å². The number of anilines is 1. The van der Waals surface area contributed by atoms with Gasteiger partial charge in [-0.05, 0) is 26.0 Å². The van der Waals surface area contributed by atoms with Crippen LogP contribution in [0.5, 0.6) is 0 Å². The van der Waals surface area contributed by atoms with Crippen molar-refractivity contribution in [1.82, 2.24) is 20.2 Å². The van der Waals surface area contributed by atoms with Gasteiger partial charge in [0.05, 0.1) is 12.6 Å². The molecule has 0 aliphatic carbocycles. The summed E-state index contributed by atoms with van der Waals surface area (Å²) in [7, 11) is 0. The zero-order chi connectivity index (χ0) is 24.4. The number of carbonyl (C=O) groups excluding carboxylic acids is 2. The van der Waals surface area contributed by atoms with E-state index in [0.29, 0.717) is 0 Å². The molecular weight excluding hydrogens is 466 g/mol. The molecule has 2 aromatic rings. The van der Waals surface area contributed by atoms with Crippen LogP contribution in [0.3, 0.4) is 0 Å². The predicted octanol–water partition coefficient (Wildman–Crippen LogP) is 2.93. The number of aryl methyl sites for hydroxylation is 1. The van der Waals surface area contributed by atoms with Crippen LogP contribution in [0, 0.1) is 6.92 Å². The molecule has 3 rings (SSSR count). The molecule has 0 unspecified atom stereocenters. The van der Waals surface area contributed by atoms with Gasteiger partial charge in [-0.2, -0.15) is 13.2 Å². The summed E-state index contributed by atoms with van der Waals surface area (Å²) in [6.07, 6.45) is -0.519. The summed E-state index contributed by atoms with van der Waals surface area (Å²) < 4.78 is 51.8. The lowest BCUT2D eigenvalue weighted by molar-refractivity contribution is -0.156. The van der Waals surface area contributed by atoms with Crippen LogP contribution in [0.1, 0.15) is 18.1 Å². The van der Waals surface area contributed by atoms with E-state index in [4.69, 9.17) is 11.6 Å². The standard InChI is InChI=1S/C21H22ClF4N5O2/c1-13-3-5-16(6-4-13)31(18(32)17(22)23)20(2,14-7-27-12-28-8-14)19(33)29-15-9-30(10-15)11-21(24,25)26/h3-8,12,15,17H,9-11H2,1-2H3,(H,29,33)/t17-,20+/m0/s1. The Morgan fingerprint density at radius 1 is 1.21 bits per heavy atom. The Morgan fingerprint density at radius 3 is 2.30 bits per heavy atom. The molecule has 178 valence electrons. The number of likely N-dealkylation sites (tertiary alicyclic amines) is 1. The van der Waals surface area contributed by atoms with Crippen LogP contribution in [-0.2, 0) is 15.1 Å². The predicted molar refractivity (Wildman–Crippen MR) is 113 cm³/mol. The van der Waals surface area contributed by atoms with Crippen molar-refractivity contribution in [3.05, 3.63) is 54.1 Å². The van der Waals surface area contributed by atoms with Crippen LogP contribution in [-0.4, -0.2) is 64.2 Å². The molecule has 1 aliphatic heterocycles. The quantitative estimate of drug-likeness (QED) is 0.480. The smallest absolute Gasteiger partial charge is 0.348 e. The van der Waals surface area contributed by atoms with Crippen molar-refractivity contribution in [2.24, 2.45) is 0 Å². The molecule has 0 bridgehead atoms. The fraction of sp³-hybridized carbons (Fsp3) is 0.429. The Morgan fingerprint density at radius 2 is 1.79 bits per heavy atom. The fourth-order valence-electron chi connectivity index (χ4n) is 3.68. The maximum Gasteiger partial charge on any atom is 0.401 e. The molecule has 2 heterocycles.